The van der Waals surface area contributed by atoms with Crippen LogP contribution in [-0.2, 0) is 11.3 Å². The molecule has 5 rings (SSSR count). The smallest absolute Gasteiger partial charge is 0.263 e. The number of benzene rings is 3. The Morgan fingerprint density at radius 1 is 0.972 bits per heavy atom. The Labute approximate surface area is 213 Å². The lowest BCUT2D eigenvalue weighted by atomic mass is 10.1. The second-order valence-corrected chi connectivity index (χ2v) is 10.00. The third kappa shape index (κ3) is 4.40. The van der Waals surface area contributed by atoms with Gasteiger partial charge in [-0.05, 0) is 50.6 Å². The number of nitrogens with zero attached hydrogens (tertiary/aromatic N) is 5. The summed E-state index contributed by atoms with van der Waals surface area (Å²) in [6.45, 7) is 6.82. The highest BCUT2D eigenvalue weighted by Crippen LogP contribution is 2.27. The lowest BCUT2D eigenvalue weighted by molar-refractivity contribution is -0.117. The number of hydrogen-bond acceptors (Lipinski definition) is 5. The molecule has 8 heteroatoms. The summed E-state index contributed by atoms with van der Waals surface area (Å²) in [4.78, 5) is 28.6. The summed E-state index contributed by atoms with van der Waals surface area (Å²) >= 11 is 1.35. The quantitative estimate of drug-likeness (QED) is 0.298. The number of carbonyl (C=O) groups excluding carboxylic acids is 1. The van der Waals surface area contributed by atoms with E-state index in [-0.39, 0.29) is 11.5 Å². The number of rotatable bonds is 7. The molecule has 0 saturated heterocycles. The van der Waals surface area contributed by atoms with E-state index in [4.69, 9.17) is 0 Å². The fraction of sp³-hybridized carbons (Fsp3) is 0.214. The highest BCUT2D eigenvalue weighted by Gasteiger charge is 2.25. The molecule has 7 nitrogen and oxygen atoms in total. The van der Waals surface area contributed by atoms with Gasteiger partial charge in [0.1, 0.15) is 0 Å². The first-order valence-corrected chi connectivity index (χ1v) is 12.8. The third-order valence-corrected chi connectivity index (χ3v) is 7.25. The van der Waals surface area contributed by atoms with Crippen molar-refractivity contribution in [2.24, 2.45) is 0 Å². The van der Waals surface area contributed by atoms with Crippen LogP contribution in [0.4, 0.5) is 5.69 Å². The van der Waals surface area contributed by atoms with Gasteiger partial charge in [-0.2, -0.15) is 0 Å². The summed E-state index contributed by atoms with van der Waals surface area (Å²) < 4.78 is 3.54. The molecule has 182 valence electrons. The van der Waals surface area contributed by atoms with Gasteiger partial charge in [-0.1, -0.05) is 71.9 Å². The van der Waals surface area contributed by atoms with Crippen molar-refractivity contribution in [1.82, 2.24) is 19.2 Å². The molecule has 1 atom stereocenters. The second kappa shape index (κ2) is 9.99. The maximum Gasteiger partial charge on any atom is 0.263 e. The Morgan fingerprint density at radius 3 is 2.39 bits per heavy atom. The molecule has 0 spiro atoms. The lowest BCUT2D eigenvalue weighted by Crippen LogP contribution is -2.36. The van der Waals surface area contributed by atoms with Gasteiger partial charge in [0.15, 0.2) is 5.16 Å². The monoisotopic (exact) mass is 497 g/mol. The van der Waals surface area contributed by atoms with Gasteiger partial charge in [0.2, 0.25) is 11.7 Å². The van der Waals surface area contributed by atoms with Gasteiger partial charge in [0.25, 0.3) is 5.56 Å². The van der Waals surface area contributed by atoms with Crippen molar-refractivity contribution < 1.29 is 4.79 Å². The van der Waals surface area contributed by atoms with Gasteiger partial charge in [-0.25, -0.2) is 0 Å². The van der Waals surface area contributed by atoms with Gasteiger partial charge in [0.05, 0.1) is 22.7 Å². The molecule has 0 fully saturated rings. The minimum atomic E-state index is -0.409. The molecule has 0 bridgehead atoms. The van der Waals surface area contributed by atoms with Gasteiger partial charge in [-0.15, -0.1) is 10.2 Å². The molecule has 0 aliphatic carbocycles. The zero-order valence-electron chi connectivity index (χ0n) is 20.5. The van der Waals surface area contributed by atoms with E-state index in [2.05, 4.69) is 10.2 Å². The maximum atomic E-state index is 13.5. The van der Waals surface area contributed by atoms with Gasteiger partial charge >= 0.3 is 0 Å². The standard InChI is InChI=1S/C28H27N5O2S/c1-4-31(22-10-6-5-7-11-22)25(34)20(3)36-28-30-29-27-32(18-21-16-14-19(2)15-17-21)26(35)23-12-8-9-13-24(23)33(27)28/h5-17,20H,4,18H2,1-3H3/t20-/m0/s1. The zero-order valence-corrected chi connectivity index (χ0v) is 21.3. The summed E-state index contributed by atoms with van der Waals surface area (Å²) in [5.74, 6) is 0.444. The van der Waals surface area contributed by atoms with Crippen LogP contribution in [0, 0.1) is 6.92 Å². The number of para-hydroxylation sites is 2. The number of carbonyl (C=O) groups is 1. The summed E-state index contributed by atoms with van der Waals surface area (Å²) in [5.41, 5.74) is 3.63. The first-order valence-electron chi connectivity index (χ1n) is 11.9. The molecule has 0 aliphatic heterocycles. The molecular weight excluding hydrogens is 470 g/mol. The molecule has 0 radical (unpaired) electrons. The highest BCUT2D eigenvalue weighted by molar-refractivity contribution is 8.00. The molecule has 0 saturated carbocycles. The van der Waals surface area contributed by atoms with Crippen LogP contribution in [0.2, 0.25) is 0 Å². The van der Waals surface area contributed by atoms with Crippen molar-refractivity contribution in [1.29, 1.82) is 0 Å². The van der Waals surface area contributed by atoms with E-state index in [1.54, 1.807) is 9.47 Å². The van der Waals surface area contributed by atoms with Crippen molar-refractivity contribution in [2.75, 3.05) is 11.4 Å². The maximum absolute atomic E-state index is 13.5. The van der Waals surface area contributed by atoms with Crippen LogP contribution in [0.25, 0.3) is 16.7 Å². The van der Waals surface area contributed by atoms with E-state index in [0.29, 0.717) is 29.4 Å². The molecule has 3 aromatic carbocycles. The Kier molecular flexibility index (Phi) is 6.61. The zero-order chi connectivity index (χ0) is 25.2. The van der Waals surface area contributed by atoms with Crippen molar-refractivity contribution in [3.8, 4) is 0 Å². The predicted octanol–water partition coefficient (Wildman–Crippen LogP) is 4.93. The van der Waals surface area contributed by atoms with E-state index in [0.717, 1.165) is 22.3 Å². The van der Waals surface area contributed by atoms with E-state index in [1.807, 2.05) is 104 Å². The summed E-state index contributed by atoms with van der Waals surface area (Å²) in [5, 5.41) is 9.58. The Hall–Kier alpha value is -3.91. The first-order chi connectivity index (χ1) is 17.5. The fourth-order valence-corrected chi connectivity index (χ4v) is 5.25. The SMILES string of the molecule is CCN(C(=O)[C@H](C)Sc1nnc2n(Cc3ccc(C)cc3)c(=O)c3ccccc3n12)c1ccccc1. The van der Waals surface area contributed by atoms with Crippen LogP contribution in [0.15, 0.2) is 88.8 Å². The predicted molar refractivity (Wildman–Crippen MR) is 145 cm³/mol. The summed E-state index contributed by atoms with van der Waals surface area (Å²) in [6, 6.07) is 25.2. The fourth-order valence-electron chi connectivity index (χ4n) is 4.33. The number of fused-ring (bicyclic) bond motifs is 3. The average Bonchev–Trinajstić information content (AvgIpc) is 3.32. The number of thioether (sulfide) groups is 1. The van der Waals surface area contributed by atoms with E-state index >= 15 is 0 Å². The Bertz CT molecular complexity index is 1590. The lowest BCUT2D eigenvalue weighted by Gasteiger charge is -2.24. The molecule has 0 N–H and O–H groups in total. The number of aryl methyl sites for hydroxylation is 1. The van der Waals surface area contributed by atoms with Crippen molar-refractivity contribution in [2.45, 2.75) is 37.7 Å². The van der Waals surface area contributed by atoms with Crippen LogP contribution >= 0.6 is 11.8 Å². The summed E-state index contributed by atoms with van der Waals surface area (Å²) in [7, 11) is 0. The van der Waals surface area contributed by atoms with Crippen LogP contribution in [-0.4, -0.2) is 36.9 Å². The molecule has 1 amide bonds. The molecule has 0 aliphatic rings. The van der Waals surface area contributed by atoms with Gasteiger partial charge < -0.3 is 4.90 Å². The first kappa shape index (κ1) is 23.8. The highest BCUT2D eigenvalue weighted by atomic mass is 32.2. The molecule has 2 heterocycles. The number of amides is 1. The van der Waals surface area contributed by atoms with Crippen LogP contribution in [0.3, 0.4) is 0 Å². The van der Waals surface area contributed by atoms with E-state index in [1.165, 1.54) is 11.8 Å². The second-order valence-electron chi connectivity index (χ2n) is 8.69. The van der Waals surface area contributed by atoms with Crippen LogP contribution < -0.4 is 10.5 Å². The Morgan fingerprint density at radius 2 is 1.67 bits per heavy atom. The molecule has 5 aromatic rings. The minimum Gasteiger partial charge on any atom is -0.312 e. The number of hydrogen-bond donors (Lipinski definition) is 0. The largest absolute Gasteiger partial charge is 0.312 e. The molecule has 36 heavy (non-hydrogen) atoms. The van der Waals surface area contributed by atoms with Gasteiger partial charge in [-0.3, -0.25) is 18.6 Å². The van der Waals surface area contributed by atoms with Crippen molar-refractivity contribution in [3.63, 3.8) is 0 Å². The van der Waals surface area contributed by atoms with Gasteiger partial charge in [0, 0.05) is 12.2 Å². The normalized spacial score (nSPS) is 12.2. The average molecular weight is 498 g/mol. The van der Waals surface area contributed by atoms with E-state index in [9.17, 15) is 9.59 Å². The molecular formula is C28H27N5O2S. The Balaban J connectivity index is 1.56. The topological polar surface area (TPSA) is 72.5 Å². The minimum absolute atomic E-state index is 0.0114. The van der Waals surface area contributed by atoms with Crippen molar-refractivity contribution >= 4 is 40.0 Å². The van der Waals surface area contributed by atoms with Crippen LogP contribution in [0.1, 0.15) is 25.0 Å². The van der Waals surface area contributed by atoms with E-state index < -0.39 is 5.25 Å². The number of anilines is 1. The van der Waals surface area contributed by atoms with Crippen LogP contribution in [0.5, 0.6) is 0 Å². The van der Waals surface area contributed by atoms with Crippen molar-refractivity contribution in [3.05, 3.63) is 100 Å². The number of aromatic nitrogens is 4. The molecule has 0 unspecified atom stereocenters. The third-order valence-electron chi connectivity index (χ3n) is 6.22. The molecule has 2 aromatic heterocycles. The summed E-state index contributed by atoms with van der Waals surface area (Å²) in [6.07, 6.45) is 0.